The molecule has 6 nitrogen and oxygen atoms in total. The van der Waals surface area contributed by atoms with Crippen LogP contribution in [0.25, 0.3) is 0 Å². The normalized spacial score (nSPS) is 20.3. The smallest absolute Gasteiger partial charge is 0.252 e. The van der Waals surface area contributed by atoms with E-state index in [0.29, 0.717) is 18.6 Å². The van der Waals surface area contributed by atoms with Crippen LogP contribution in [-0.2, 0) is 9.53 Å². The number of carbonyl (C=O) groups excluding carboxylic acids is 2. The second-order valence-electron chi connectivity index (χ2n) is 6.03. The number of rotatable bonds is 7. The topological polar surface area (TPSA) is 84.7 Å². The summed E-state index contributed by atoms with van der Waals surface area (Å²) >= 11 is 0. The van der Waals surface area contributed by atoms with Crippen molar-refractivity contribution in [2.24, 2.45) is 5.73 Å². The number of ether oxygens (including phenoxy) is 1. The third-order valence-electron chi connectivity index (χ3n) is 4.26. The Morgan fingerprint density at radius 1 is 1.35 bits per heavy atom. The van der Waals surface area contributed by atoms with Gasteiger partial charge in [-0.15, -0.1) is 0 Å². The Hall–Kier alpha value is -2.08. The summed E-state index contributed by atoms with van der Waals surface area (Å²) in [4.78, 5) is 26.2. The average Bonchev–Trinajstić information content (AvgIpc) is 3.02. The molecule has 0 aliphatic carbocycles. The Morgan fingerprint density at radius 3 is 2.57 bits per heavy atom. The zero-order chi connectivity index (χ0) is 16.9. The molecule has 1 atom stereocenters. The molecule has 1 saturated heterocycles. The van der Waals surface area contributed by atoms with E-state index >= 15 is 0 Å². The summed E-state index contributed by atoms with van der Waals surface area (Å²) in [5.74, 6) is -0.865. The molecule has 1 heterocycles. The summed E-state index contributed by atoms with van der Waals surface area (Å²) < 4.78 is 5.22. The fourth-order valence-electron chi connectivity index (χ4n) is 2.60. The Balaban J connectivity index is 2.04. The molecular weight excluding hydrogens is 294 g/mol. The number of anilines is 1. The number of unbranched alkanes of at least 4 members (excludes halogenated alkanes) is 1. The van der Waals surface area contributed by atoms with Gasteiger partial charge < -0.3 is 20.7 Å². The van der Waals surface area contributed by atoms with Gasteiger partial charge in [-0.05, 0) is 30.7 Å². The van der Waals surface area contributed by atoms with Gasteiger partial charge in [0, 0.05) is 37.9 Å². The van der Waals surface area contributed by atoms with Crippen molar-refractivity contribution in [2.75, 3.05) is 31.7 Å². The molecule has 0 aromatic heterocycles. The Bertz CT molecular complexity index is 551. The average molecular weight is 319 g/mol. The number of primary amides is 1. The summed E-state index contributed by atoms with van der Waals surface area (Å²) in [6.07, 6.45) is 2.67. The Kier molecular flexibility index (Phi) is 5.60. The van der Waals surface area contributed by atoms with Gasteiger partial charge in [-0.1, -0.05) is 13.3 Å². The van der Waals surface area contributed by atoms with Crippen LogP contribution in [0.5, 0.6) is 0 Å². The first-order valence-electron chi connectivity index (χ1n) is 8.00. The number of hydrogen-bond donors (Lipinski definition) is 2. The van der Waals surface area contributed by atoms with E-state index in [-0.39, 0.29) is 12.5 Å². The van der Waals surface area contributed by atoms with E-state index in [1.54, 1.807) is 12.1 Å². The van der Waals surface area contributed by atoms with Crippen molar-refractivity contribution in [3.8, 4) is 0 Å². The van der Waals surface area contributed by atoms with Crippen LogP contribution in [0.15, 0.2) is 24.3 Å². The summed E-state index contributed by atoms with van der Waals surface area (Å²) in [5.41, 5.74) is 5.90. The second-order valence-corrected chi connectivity index (χ2v) is 6.03. The molecule has 6 heteroatoms. The predicted molar refractivity (Wildman–Crippen MR) is 89.4 cm³/mol. The molecule has 1 aromatic carbocycles. The molecule has 23 heavy (non-hydrogen) atoms. The van der Waals surface area contributed by atoms with Gasteiger partial charge in [0.15, 0.2) is 0 Å². The van der Waals surface area contributed by atoms with Crippen molar-refractivity contribution in [2.45, 2.75) is 31.7 Å². The molecule has 0 spiro atoms. The van der Waals surface area contributed by atoms with Crippen molar-refractivity contribution in [3.63, 3.8) is 0 Å². The van der Waals surface area contributed by atoms with Crippen LogP contribution >= 0.6 is 0 Å². The Morgan fingerprint density at radius 2 is 2.04 bits per heavy atom. The maximum Gasteiger partial charge on any atom is 0.252 e. The van der Waals surface area contributed by atoms with Crippen LogP contribution in [0.2, 0.25) is 0 Å². The van der Waals surface area contributed by atoms with Crippen molar-refractivity contribution in [3.05, 3.63) is 29.8 Å². The maximum atomic E-state index is 12.4. The van der Waals surface area contributed by atoms with Crippen molar-refractivity contribution >= 4 is 17.5 Å². The van der Waals surface area contributed by atoms with Gasteiger partial charge in [0.05, 0.1) is 6.61 Å². The molecule has 1 fully saturated rings. The zero-order valence-corrected chi connectivity index (χ0v) is 13.8. The van der Waals surface area contributed by atoms with Crippen molar-refractivity contribution in [1.29, 1.82) is 0 Å². The molecule has 1 unspecified atom stereocenters. The van der Waals surface area contributed by atoms with Crippen molar-refractivity contribution < 1.29 is 14.3 Å². The molecule has 1 aliphatic rings. The first kappa shape index (κ1) is 17.3. The molecule has 3 N–H and O–H groups in total. The zero-order valence-electron chi connectivity index (χ0n) is 13.8. The highest BCUT2D eigenvalue weighted by Crippen LogP contribution is 2.20. The third kappa shape index (κ3) is 4.01. The van der Waals surface area contributed by atoms with E-state index in [2.05, 4.69) is 17.1 Å². The van der Waals surface area contributed by atoms with E-state index < -0.39 is 11.4 Å². The number of nitrogens with one attached hydrogen (secondary N) is 1. The lowest BCUT2D eigenvalue weighted by Gasteiger charge is -2.25. The molecular formula is C17H25N3O3. The molecule has 0 saturated carbocycles. The van der Waals surface area contributed by atoms with Crippen LogP contribution < -0.4 is 16.0 Å². The van der Waals surface area contributed by atoms with Crippen LogP contribution in [0.1, 0.15) is 36.5 Å². The Labute approximate surface area is 137 Å². The number of nitrogens with two attached hydrogens (primary N) is 1. The fourth-order valence-corrected chi connectivity index (χ4v) is 2.60. The summed E-state index contributed by atoms with van der Waals surface area (Å²) in [6, 6.07) is 7.34. The number of amides is 2. The first-order chi connectivity index (χ1) is 11.0. The van der Waals surface area contributed by atoms with E-state index in [1.807, 2.05) is 19.2 Å². The second kappa shape index (κ2) is 7.46. The molecule has 1 aromatic rings. The lowest BCUT2D eigenvalue weighted by molar-refractivity contribution is -0.124. The highest BCUT2D eigenvalue weighted by atomic mass is 16.5. The monoisotopic (exact) mass is 319 g/mol. The lowest BCUT2D eigenvalue weighted by Crippen LogP contribution is -2.58. The molecule has 1 aliphatic heterocycles. The molecule has 126 valence electrons. The molecule has 2 amide bonds. The minimum atomic E-state index is -1.09. The molecule has 0 radical (unpaired) electrons. The highest BCUT2D eigenvalue weighted by molar-refractivity contribution is 5.99. The lowest BCUT2D eigenvalue weighted by atomic mass is 9.97. The molecule has 2 rings (SSSR count). The summed E-state index contributed by atoms with van der Waals surface area (Å²) in [5, 5.41) is 2.74. The predicted octanol–water partition coefficient (Wildman–Crippen LogP) is 1.30. The standard InChI is InChI=1S/C17H25N3O3/c1-3-4-10-20(2)14-7-5-13(6-8-14)15(21)19-17(16(18)22)9-11-23-12-17/h5-8H,3-4,9-12H2,1-2H3,(H2,18,22)(H,19,21). The van der Waals surface area contributed by atoms with Crippen molar-refractivity contribution in [1.82, 2.24) is 5.32 Å². The first-order valence-corrected chi connectivity index (χ1v) is 8.00. The van der Waals surface area contributed by atoms with Gasteiger partial charge in [-0.25, -0.2) is 0 Å². The number of nitrogens with zero attached hydrogens (tertiary/aromatic N) is 1. The van der Waals surface area contributed by atoms with Crippen LogP contribution in [0.4, 0.5) is 5.69 Å². The SMILES string of the molecule is CCCCN(C)c1ccc(C(=O)NC2(C(N)=O)CCOC2)cc1. The van der Waals surface area contributed by atoms with Crippen LogP contribution in [0, 0.1) is 0 Å². The minimum Gasteiger partial charge on any atom is -0.378 e. The number of hydrogen-bond acceptors (Lipinski definition) is 4. The van der Waals surface area contributed by atoms with E-state index in [1.165, 1.54) is 0 Å². The van der Waals surface area contributed by atoms with E-state index in [4.69, 9.17) is 10.5 Å². The van der Waals surface area contributed by atoms with Gasteiger partial charge in [0.2, 0.25) is 5.91 Å². The van der Waals surface area contributed by atoms with Gasteiger partial charge >= 0.3 is 0 Å². The van der Waals surface area contributed by atoms with Gasteiger partial charge in [0.25, 0.3) is 5.91 Å². The molecule has 0 bridgehead atoms. The maximum absolute atomic E-state index is 12.4. The number of carbonyl (C=O) groups is 2. The van der Waals surface area contributed by atoms with Crippen LogP contribution in [0.3, 0.4) is 0 Å². The van der Waals surface area contributed by atoms with E-state index in [9.17, 15) is 9.59 Å². The summed E-state index contributed by atoms with van der Waals surface area (Å²) in [6.45, 7) is 3.68. The van der Waals surface area contributed by atoms with Crippen LogP contribution in [-0.4, -0.2) is 44.2 Å². The summed E-state index contributed by atoms with van der Waals surface area (Å²) in [7, 11) is 2.03. The van der Waals surface area contributed by atoms with Gasteiger partial charge in [0.1, 0.15) is 5.54 Å². The van der Waals surface area contributed by atoms with Gasteiger partial charge in [-0.3, -0.25) is 9.59 Å². The van der Waals surface area contributed by atoms with E-state index in [0.717, 1.165) is 25.1 Å². The van der Waals surface area contributed by atoms with Gasteiger partial charge in [-0.2, -0.15) is 0 Å². The fraction of sp³-hybridized carbons (Fsp3) is 0.529. The third-order valence-corrected chi connectivity index (χ3v) is 4.26. The number of benzene rings is 1. The quantitative estimate of drug-likeness (QED) is 0.793. The largest absolute Gasteiger partial charge is 0.378 e. The highest BCUT2D eigenvalue weighted by Gasteiger charge is 2.42. The minimum absolute atomic E-state index is 0.131.